The van der Waals surface area contributed by atoms with E-state index in [2.05, 4.69) is 86.5 Å². The van der Waals surface area contributed by atoms with Gasteiger partial charge in [0.1, 0.15) is 5.82 Å². The Labute approximate surface area is 183 Å². The van der Waals surface area contributed by atoms with Gasteiger partial charge in [-0.25, -0.2) is 0 Å². The van der Waals surface area contributed by atoms with Crippen LogP contribution in [0.4, 0.5) is 11.5 Å². The van der Waals surface area contributed by atoms with Crippen molar-refractivity contribution in [1.29, 1.82) is 0 Å². The van der Waals surface area contributed by atoms with Crippen molar-refractivity contribution in [3.05, 3.63) is 41.6 Å². The zero-order valence-corrected chi connectivity index (χ0v) is 19.8. The number of rotatable bonds is 8. The summed E-state index contributed by atoms with van der Waals surface area (Å²) in [4.78, 5) is 4.96. The van der Waals surface area contributed by atoms with E-state index in [1.54, 1.807) is 0 Å². The van der Waals surface area contributed by atoms with E-state index in [1.165, 1.54) is 29.9 Å². The minimum absolute atomic E-state index is 0.0485. The van der Waals surface area contributed by atoms with Gasteiger partial charge in [0.15, 0.2) is 0 Å². The average molecular weight is 413 g/mol. The first-order valence-corrected chi connectivity index (χ1v) is 11.5. The first kappa shape index (κ1) is 22.7. The molecule has 0 amide bonds. The van der Waals surface area contributed by atoms with Gasteiger partial charge in [-0.15, -0.1) is 0 Å². The summed E-state index contributed by atoms with van der Waals surface area (Å²) in [7, 11) is 2.08. The van der Waals surface area contributed by atoms with Gasteiger partial charge in [0.2, 0.25) is 0 Å². The molecule has 0 radical (unpaired) electrons. The van der Waals surface area contributed by atoms with E-state index in [9.17, 15) is 0 Å². The summed E-state index contributed by atoms with van der Waals surface area (Å²) in [6.07, 6.45) is 2.40. The second kappa shape index (κ2) is 9.86. The lowest BCUT2D eigenvalue weighted by atomic mass is 9.92. The molecule has 1 aliphatic heterocycles. The van der Waals surface area contributed by atoms with Gasteiger partial charge in [-0.3, -0.25) is 4.68 Å². The van der Waals surface area contributed by atoms with Gasteiger partial charge >= 0.3 is 0 Å². The number of ether oxygens (including phenoxy) is 1. The molecule has 1 fully saturated rings. The molecule has 2 aromatic rings. The topological polar surface area (TPSA) is 33.5 Å². The number of benzene rings is 1. The number of morpholine rings is 1. The molecule has 30 heavy (non-hydrogen) atoms. The third-order valence-corrected chi connectivity index (χ3v) is 6.24. The lowest BCUT2D eigenvalue weighted by Gasteiger charge is -2.31. The zero-order valence-electron chi connectivity index (χ0n) is 19.8. The molecule has 2 heterocycles. The Kier molecular flexibility index (Phi) is 7.45. The maximum atomic E-state index is 5.53. The molecule has 166 valence electrons. The van der Waals surface area contributed by atoms with Crippen LogP contribution in [-0.4, -0.2) is 42.6 Å². The minimum atomic E-state index is 0.0485. The van der Waals surface area contributed by atoms with Gasteiger partial charge in [-0.2, -0.15) is 5.10 Å². The lowest BCUT2D eigenvalue weighted by Crippen LogP contribution is -2.36. The molecule has 5 heteroatoms. The van der Waals surface area contributed by atoms with Crippen LogP contribution in [0, 0.1) is 5.92 Å². The predicted octanol–water partition coefficient (Wildman–Crippen LogP) is 5.00. The molecule has 3 rings (SSSR count). The summed E-state index contributed by atoms with van der Waals surface area (Å²) < 4.78 is 7.59. The van der Waals surface area contributed by atoms with Crippen molar-refractivity contribution in [2.75, 3.05) is 42.6 Å². The Hall–Kier alpha value is -2.01. The molecule has 0 atom stereocenters. The number of nitrogens with zero attached hydrogens (tertiary/aromatic N) is 4. The summed E-state index contributed by atoms with van der Waals surface area (Å²) >= 11 is 0. The Bertz CT molecular complexity index is 798. The number of hydrogen-bond acceptors (Lipinski definition) is 4. The summed E-state index contributed by atoms with van der Waals surface area (Å²) in [6, 6.07) is 11.3. The second-order valence-electron chi connectivity index (χ2n) is 9.59. The maximum Gasteiger partial charge on any atom is 0.127 e. The molecule has 1 aliphatic rings. The standard InChI is InChI=1S/C25H40N4O/c1-7-20(8-2)18-29(24-17-23(25(3,4)5)26-27(24)6)19-21-10-9-11-22(16-21)28-12-14-30-15-13-28/h9-11,16-17,20H,7-8,12-15,18-19H2,1-6H3. The summed E-state index contributed by atoms with van der Waals surface area (Å²) in [5.41, 5.74) is 3.85. The van der Waals surface area contributed by atoms with E-state index in [0.717, 1.165) is 45.1 Å². The minimum Gasteiger partial charge on any atom is -0.378 e. The highest BCUT2D eigenvalue weighted by atomic mass is 16.5. The van der Waals surface area contributed by atoms with Crippen LogP contribution in [0.3, 0.4) is 0 Å². The van der Waals surface area contributed by atoms with Gasteiger partial charge in [0, 0.05) is 50.4 Å². The average Bonchev–Trinajstić information content (AvgIpc) is 3.14. The van der Waals surface area contributed by atoms with Gasteiger partial charge in [-0.1, -0.05) is 59.6 Å². The smallest absolute Gasteiger partial charge is 0.127 e. The molecule has 0 unspecified atom stereocenters. The first-order chi connectivity index (χ1) is 14.3. The molecule has 0 saturated carbocycles. The van der Waals surface area contributed by atoms with E-state index in [0.29, 0.717) is 5.92 Å². The number of hydrogen-bond donors (Lipinski definition) is 0. The van der Waals surface area contributed by atoms with E-state index < -0.39 is 0 Å². The first-order valence-electron chi connectivity index (χ1n) is 11.5. The monoisotopic (exact) mass is 412 g/mol. The third-order valence-electron chi connectivity index (χ3n) is 6.24. The van der Waals surface area contributed by atoms with Crippen LogP contribution in [0.1, 0.15) is 58.7 Å². The molecule has 0 N–H and O–H groups in total. The van der Waals surface area contributed by atoms with Gasteiger partial charge in [0.25, 0.3) is 0 Å². The number of anilines is 2. The van der Waals surface area contributed by atoms with Crippen molar-refractivity contribution >= 4 is 11.5 Å². The molecule has 5 nitrogen and oxygen atoms in total. The van der Waals surface area contributed by atoms with Crippen LogP contribution in [-0.2, 0) is 23.7 Å². The second-order valence-corrected chi connectivity index (χ2v) is 9.59. The zero-order chi connectivity index (χ0) is 21.7. The molecule has 1 saturated heterocycles. The van der Waals surface area contributed by atoms with Crippen molar-refractivity contribution < 1.29 is 4.74 Å². The third kappa shape index (κ3) is 5.57. The van der Waals surface area contributed by atoms with Crippen molar-refractivity contribution in [1.82, 2.24) is 9.78 Å². The van der Waals surface area contributed by atoms with Gasteiger partial charge < -0.3 is 14.5 Å². The van der Waals surface area contributed by atoms with Crippen LogP contribution in [0.25, 0.3) is 0 Å². The summed E-state index contributed by atoms with van der Waals surface area (Å²) in [5, 5.41) is 4.85. The molecule has 0 bridgehead atoms. The van der Waals surface area contributed by atoms with Crippen molar-refractivity contribution in [3.8, 4) is 0 Å². The fraction of sp³-hybridized carbons (Fsp3) is 0.640. The van der Waals surface area contributed by atoms with E-state index in [4.69, 9.17) is 9.84 Å². The van der Waals surface area contributed by atoms with E-state index in [-0.39, 0.29) is 5.41 Å². The highest BCUT2D eigenvalue weighted by Crippen LogP contribution is 2.28. The Morgan fingerprint density at radius 1 is 1.10 bits per heavy atom. The maximum absolute atomic E-state index is 5.53. The molecule has 0 spiro atoms. The highest BCUT2D eigenvalue weighted by molar-refractivity contribution is 5.50. The van der Waals surface area contributed by atoms with E-state index >= 15 is 0 Å². The normalized spacial score (nSPS) is 15.1. The quantitative estimate of drug-likeness (QED) is 0.611. The molecule has 0 aliphatic carbocycles. The largest absolute Gasteiger partial charge is 0.378 e. The molecular formula is C25H40N4O. The molecule has 1 aromatic heterocycles. The molecule has 1 aromatic carbocycles. The van der Waals surface area contributed by atoms with Gasteiger partial charge in [-0.05, 0) is 23.6 Å². The van der Waals surface area contributed by atoms with Crippen molar-refractivity contribution in [3.63, 3.8) is 0 Å². The van der Waals surface area contributed by atoms with Crippen molar-refractivity contribution in [2.24, 2.45) is 13.0 Å². The summed E-state index contributed by atoms with van der Waals surface area (Å²) in [6.45, 7) is 16.8. The SMILES string of the molecule is CCC(CC)CN(Cc1cccc(N2CCOCC2)c1)c1cc(C(C)(C)C)nn1C. The van der Waals surface area contributed by atoms with Crippen molar-refractivity contribution in [2.45, 2.75) is 59.4 Å². The van der Waals surface area contributed by atoms with Crippen LogP contribution in [0.5, 0.6) is 0 Å². The fourth-order valence-electron chi connectivity index (χ4n) is 4.11. The van der Waals surface area contributed by atoms with Crippen LogP contribution in [0.2, 0.25) is 0 Å². The lowest BCUT2D eigenvalue weighted by molar-refractivity contribution is 0.122. The molecular weight excluding hydrogens is 372 g/mol. The summed E-state index contributed by atoms with van der Waals surface area (Å²) in [5.74, 6) is 1.89. The Morgan fingerprint density at radius 3 is 2.40 bits per heavy atom. The Morgan fingerprint density at radius 2 is 1.80 bits per heavy atom. The van der Waals surface area contributed by atoms with Crippen LogP contribution >= 0.6 is 0 Å². The fourth-order valence-corrected chi connectivity index (χ4v) is 4.11. The van der Waals surface area contributed by atoms with E-state index in [1.807, 2.05) is 0 Å². The van der Waals surface area contributed by atoms with Crippen LogP contribution in [0.15, 0.2) is 30.3 Å². The number of aryl methyl sites for hydroxylation is 1. The highest BCUT2D eigenvalue weighted by Gasteiger charge is 2.23. The van der Waals surface area contributed by atoms with Gasteiger partial charge in [0.05, 0.1) is 18.9 Å². The van der Waals surface area contributed by atoms with Crippen LogP contribution < -0.4 is 9.80 Å². The predicted molar refractivity (Wildman–Crippen MR) is 127 cm³/mol. The number of aromatic nitrogens is 2. The Balaban J connectivity index is 1.87.